The molecule has 0 aliphatic carbocycles. The molecule has 0 spiro atoms. The van der Waals surface area contributed by atoms with E-state index in [1.807, 2.05) is 49.6 Å². The van der Waals surface area contributed by atoms with Crippen LogP contribution in [0.4, 0.5) is 4.39 Å². The van der Waals surface area contributed by atoms with E-state index in [-0.39, 0.29) is 29.3 Å². The second-order valence-electron chi connectivity index (χ2n) is 10.5. The highest BCUT2D eigenvalue weighted by molar-refractivity contribution is 6.31. The summed E-state index contributed by atoms with van der Waals surface area (Å²) in [5, 5.41) is 13.0. The maximum Gasteiger partial charge on any atom is 0.344 e. The van der Waals surface area contributed by atoms with Crippen molar-refractivity contribution in [2.75, 3.05) is 0 Å². The average molecular weight is 565 g/mol. The summed E-state index contributed by atoms with van der Waals surface area (Å²) in [5.74, 6) is -1.98. The molecule has 4 rings (SSSR count). The molecular formula is C32H34ClFN2O4. The Morgan fingerprint density at radius 3 is 2.40 bits per heavy atom. The topological polar surface area (TPSA) is 80.6 Å². The third kappa shape index (κ3) is 5.85. The number of hydrogen-bond donors (Lipinski definition) is 2. The van der Waals surface area contributed by atoms with Crippen molar-refractivity contribution in [3.63, 3.8) is 0 Å². The molecule has 3 aromatic carbocycles. The smallest absolute Gasteiger partial charge is 0.344 e. The molecule has 0 bridgehead atoms. The number of ether oxygens (including phenoxy) is 1. The van der Waals surface area contributed by atoms with Crippen molar-refractivity contribution in [1.82, 2.24) is 9.88 Å². The van der Waals surface area contributed by atoms with E-state index < -0.39 is 17.9 Å². The van der Waals surface area contributed by atoms with Crippen molar-refractivity contribution < 1.29 is 23.8 Å². The second kappa shape index (κ2) is 11.7. The van der Waals surface area contributed by atoms with Gasteiger partial charge in [-0.3, -0.25) is 4.79 Å². The number of carbonyl (C=O) groups is 2. The van der Waals surface area contributed by atoms with Crippen LogP contribution in [0.25, 0.3) is 10.9 Å². The number of carboxylic acids is 1. The van der Waals surface area contributed by atoms with Crippen LogP contribution in [0.2, 0.25) is 5.02 Å². The molecule has 0 radical (unpaired) electrons. The molecule has 4 aromatic rings. The van der Waals surface area contributed by atoms with E-state index in [1.165, 1.54) is 18.6 Å². The first-order valence-electron chi connectivity index (χ1n) is 13.3. The van der Waals surface area contributed by atoms with E-state index in [9.17, 15) is 14.0 Å². The SMILES string of the molecule is Cc1c(C)n(Cc2ccc(OC(C)C(=O)O)c(F)c2Cl)c2ccc(C(=O)N[C@@H](C)c3cccc(C(C)C)c3)cc12. The van der Waals surface area contributed by atoms with Gasteiger partial charge in [0.25, 0.3) is 5.91 Å². The number of nitrogens with one attached hydrogen (secondary N) is 1. The first-order chi connectivity index (χ1) is 18.9. The van der Waals surface area contributed by atoms with E-state index in [0.717, 1.165) is 27.7 Å². The number of fused-ring (bicyclic) bond motifs is 1. The summed E-state index contributed by atoms with van der Waals surface area (Å²) in [6.45, 7) is 11.8. The fourth-order valence-corrected chi connectivity index (χ4v) is 4.96. The van der Waals surface area contributed by atoms with Crippen molar-refractivity contribution in [2.24, 2.45) is 0 Å². The van der Waals surface area contributed by atoms with E-state index >= 15 is 0 Å². The zero-order chi connectivity index (χ0) is 29.3. The van der Waals surface area contributed by atoms with Crippen molar-refractivity contribution in [2.45, 2.75) is 66.2 Å². The molecule has 6 nitrogen and oxygen atoms in total. The molecule has 2 N–H and O–H groups in total. The number of rotatable bonds is 9. The van der Waals surface area contributed by atoms with Crippen LogP contribution in [0.3, 0.4) is 0 Å². The molecule has 8 heteroatoms. The Morgan fingerprint density at radius 2 is 1.73 bits per heavy atom. The first-order valence-corrected chi connectivity index (χ1v) is 13.6. The zero-order valence-electron chi connectivity index (χ0n) is 23.5. The van der Waals surface area contributed by atoms with E-state index in [0.29, 0.717) is 17.0 Å². The van der Waals surface area contributed by atoms with E-state index in [2.05, 4.69) is 31.3 Å². The standard InChI is InChI=1S/C32H34ClFN2O4/c1-17(2)22-8-7-9-23(14-22)19(4)35-31(37)24-10-12-27-26(15-24)18(3)20(5)36(27)16-25-11-13-28(30(34)29(25)33)40-21(6)32(38)39/h7-15,17,19,21H,16H2,1-6H3,(H,35,37)(H,38,39)/t19-,21?/m0/s1. The summed E-state index contributed by atoms with van der Waals surface area (Å²) in [5.41, 5.74) is 6.21. The molecule has 1 unspecified atom stereocenters. The van der Waals surface area contributed by atoms with Gasteiger partial charge in [-0.1, -0.05) is 55.8 Å². The van der Waals surface area contributed by atoms with Gasteiger partial charge >= 0.3 is 5.97 Å². The average Bonchev–Trinajstić information content (AvgIpc) is 3.16. The summed E-state index contributed by atoms with van der Waals surface area (Å²) < 4.78 is 22.2. The Labute approximate surface area is 238 Å². The Bertz CT molecular complexity index is 1590. The van der Waals surface area contributed by atoms with E-state index in [4.69, 9.17) is 21.4 Å². The minimum Gasteiger partial charge on any atom is -0.479 e. The summed E-state index contributed by atoms with van der Waals surface area (Å²) in [6.07, 6.45) is -1.21. The molecule has 0 aliphatic rings. The number of amides is 1. The maximum atomic E-state index is 14.9. The van der Waals surface area contributed by atoms with Gasteiger partial charge in [-0.15, -0.1) is 0 Å². The van der Waals surface area contributed by atoms with Gasteiger partial charge in [0.1, 0.15) is 0 Å². The number of halogens is 2. The zero-order valence-corrected chi connectivity index (χ0v) is 24.3. The van der Waals surface area contributed by atoms with Gasteiger partial charge in [0, 0.05) is 28.7 Å². The van der Waals surface area contributed by atoms with Gasteiger partial charge in [-0.2, -0.15) is 0 Å². The quantitative estimate of drug-likeness (QED) is 0.220. The van der Waals surface area contributed by atoms with Crippen LogP contribution in [-0.4, -0.2) is 27.7 Å². The van der Waals surface area contributed by atoms with Crippen LogP contribution < -0.4 is 10.1 Å². The molecule has 210 valence electrons. The predicted molar refractivity (Wildman–Crippen MR) is 156 cm³/mol. The molecule has 40 heavy (non-hydrogen) atoms. The Hall–Kier alpha value is -3.84. The molecule has 0 fully saturated rings. The Balaban J connectivity index is 1.59. The number of carboxylic acid groups (broad SMARTS) is 1. The lowest BCUT2D eigenvalue weighted by molar-refractivity contribution is -0.144. The monoisotopic (exact) mass is 564 g/mol. The molecule has 0 saturated heterocycles. The number of aliphatic carboxylic acids is 1. The molecule has 1 heterocycles. The van der Waals surface area contributed by atoms with Gasteiger partial charge in [0.15, 0.2) is 17.7 Å². The van der Waals surface area contributed by atoms with Crippen molar-refractivity contribution >= 4 is 34.4 Å². The molecule has 2 atom stereocenters. The van der Waals surface area contributed by atoms with Crippen molar-refractivity contribution in [3.8, 4) is 5.75 Å². The van der Waals surface area contributed by atoms with Gasteiger partial charge in [-0.05, 0) is 80.1 Å². The number of carbonyl (C=O) groups excluding carboxylic acids is 1. The summed E-state index contributed by atoms with van der Waals surface area (Å²) >= 11 is 6.35. The number of hydrogen-bond acceptors (Lipinski definition) is 3. The number of aromatic nitrogens is 1. The Kier molecular flexibility index (Phi) is 8.54. The molecule has 0 saturated carbocycles. The fourth-order valence-electron chi connectivity index (χ4n) is 4.74. The maximum absolute atomic E-state index is 14.9. The number of aryl methyl sites for hydroxylation is 1. The normalized spacial score (nSPS) is 12.9. The molecule has 1 aromatic heterocycles. The van der Waals surface area contributed by atoms with Gasteiger partial charge in [0.2, 0.25) is 0 Å². The summed E-state index contributed by atoms with van der Waals surface area (Å²) in [6, 6.07) is 16.7. The largest absolute Gasteiger partial charge is 0.479 e. The van der Waals surface area contributed by atoms with Crippen molar-refractivity contribution in [3.05, 3.63) is 98.9 Å². The fraction of sp³-hybridized carbons (Fsp3) is 0.312. The first kappa shape index (κ1) is 29.2. The van der Waals surface area contributed by atoms with Crippen LogP contribution in [0, 0.1) is 19.7 Å². The number of nitrogens with zero attached hydrogens (tertiary/aromatic N) is 1. The van der Waals surface area contributed by atoms with Gasteiger partial charge < -0.3 is 19.7 Å². The van der Waals surface area contributed by atoms with Gasteiger partial charge in [0.05, 0.1) is 11.1 Å². The van der Waals surface area contributed by atoms with Crippen LogP contribution in [0.1, 0.15) is 78.0 Å². The lowest BCUT2D eigenvalue weighted by atomic mass is 9.98. The van der Waals surface area contributed by atoms with Crippen LogP contribution in [0.5, 0.6) is 5.75 Å². The lowest BCUT2D eigenvalue weighted by Crippen LogP contribution is -2.26. The lowest BCUT2D eigenvalue weighted by Gasteiger charge is -2.17. The van der Waals surface area contributed by atoms with Crippen molar-refractivity contribution in [1.29, 1.82) is 0 Å². The van der Waals surface area contributed by atoms with Crippen LogP contribution in [-0.2, 0) is 11.3 Å². The second-order valence-corrected chi connectivity index (χ2v) is 10.9. The molecule has 0 aliphatic heterocycles. The highest BCUT2D eigenvalue weighted by atomic mass is 35.5. The third-order valence-corrected chi connectivity index (χ3v) is 7.84. The number of benzene rings is 3. The summed E-state index contributed by atoms with van der Waals surface area (Å²) in [4.78, 5) is 24.3. The van der Waals surface area contributed by atoms with Crippen LogP contribution in [0.15, 0.2) is 54.6 Å². The highest BCUT2D eigenvalue weighted by Crippen LogP contribution is 2.33. The third-order valence-electron chi connectivity index (χ3n) is 7.43. The van der Waals surface area contributed by atoms with Gasteiger partial charge in [-0.25, -0.2) is 9.18 Å². The molecule has 1 amide bonds. The summed E-state index contributed by atoms with van der Waals surface area (Å²) in [7, 11) is 0. The Morgan fingerprint density at radius 1 is 1.02 bits per heavy atom. The predicted octanol–water partition coefficient (Wildman–Crippen LogP) is 7.57. The molecular weight excluding hydrogens is 531 g/mol. The minimum atomic E-state index is -1.21. The van der Waals surface area contributed by atoms with Crippen LogP contribution >= 0.6 is 11.6 Å². The highest BCUT2D eigenvalue weighted by Gasteiger charge is 2.21. The minimum absolute atomic E-state index is 0.125. The van der Waals surface area contributed by atoms with E-state index in [1.54, 1.807) is 12.1 Å².